The van der Waals surface area contributed by atoms with Gasteiger partial charge in [-0.05, 0) is 30.9 Å². The number of fused-ring (bicyclic) bond motifs is 1. The maximum Gasteiger partial charge on any atom is 0.0374 e. The van der Waals surface area contributed by atoms with Gasteiger partial charge in [-0.15, -0.1) is 0 Å². The molecule has 1 heteroatoms. The molecule has 2 rings (SSSR count). The summed E-state index contributed by atoms with van der Waals surface area (Å²) >= 11 is 0. The lowest BCUT2D eigenvalue weighted by molar-refractivity contribution is 0.614. The van der Waals surface area contributed by atoms with Gasteiger partial charge in [0.1, 0.15) is 0 Å². The number of nitrogens with one attached hydrogen (secondary N) is 1. The fraction of sp³-hybridized carbons (Fsp3) is 0.538. The molecule has 0 saturated carbocycles. The van der Waals surface area contributed by atoms with E-state index in [4.69, 9.17) is 0 Å². The normalized spacial score (nSPS) is 18.6. The quantitative estimate of drug-likeness (QED) is 0.711. The summed E-state index contributed by atoms with van der Waals surface area (Å²) in [6, 6.07) is 9.31. The van der Waals surface area contributed by atoms with Crippen LogP contribution in [0.2, 0.25) is 0 Å². The van der Waals surface area contributed by atoms with E-state index in [1.54, 1.807) is 0 Å². The molecule has 1 N–H and O–H groups in total. The molecule has 0 spiro atoms. The zero-order valence-electron chi connectivity index (χ0n) is 9.51. The number of para-hydroxylation sites is 1. The number of hydrogen-bond donors (Lipinski definition) is 1. The standard InChI is InChI=1S/C11H15N.C2H6/c1-2-10-8-7-9-5-3-4-6-11(9)12-10;1-2/h3-6,10,12H,2,7-8H2,1H3;1-2H3/t10-;/m0./s1. The number of hydrogen-bond acceptors (Lipinski definition) is 1. The Hall–Kier alpha value is -0.980. The van der Waals surface area contributed by atoms with Gasteiger partial charge in [-0.1, -0.05) is 39.0 Å². The van der Waals surface area contributed by atoms with Crippen LogP contribution in [0.3, 0.4) is 0 Å². The van der Waals surface area contributed by atoms with Crippen molar-refractivity contribution >= 4 is 5.69 Å². The highest BCUT2D eigenvalue weighted by Crippen LogP contribution is 2.24. The van der Waals surface area contributed by atoms with Gasteiger partial charge in [-0.2, -0.15) is 0 Å². The van der Waals surface area contributed by atoms with Crippen molar-refractivity contribution in [3.8, 4) is 0 Å². The summed E-state index contributed by atoms with van der Waals surface area (Å²) < 4.78 is 0. The molecule has 0 aliphatic carbocycles. The first-order valence-corrected chi connectivity index (χ1v) is 5.74. The van der Waals surface area contributed by atoms with Crippen LogP contribution in [0.5, 0.6) is 0 Å². The molecule has 1 aromatic carbocycles. The Morgan fingerprint density at radius 2 is 2.00 bits per heavy atom. The van der Waals surface area contributed by atoms with Gasteiger partial charge < -0.3 is 5.32 Å². The first-order chi connectivity index (χ1) is 6.90. The van der Waals surface area contributed by atoms with Crippen LogP contribution >= 0.6 is 0 Å². The highest BCUT2D eigenvalue weighted by molar-refractivity contribution is 5.53. The third-order valence-corrected chi connectivity index (χ3v) is 2.63. The third-order valence-electron chi connectivity index (χ3n) is 2.63. The van der Waals surface area contributed by atoms with Gasteiger partial charge in [0.15, 0.2) is 0 Å². The van der Waals surface area contributed by atoms with Crippen LogP contribution in [-0.2, 0) is 6.42 Å². The van der Waals surface area contributed by atoms with Crippen LogP contribution in [0.25, 0.3) is 0 Å². The lowest BCUT2D eigenvalue weighted by Crippen LogP contribution is -2.24. The third kappa shape index (κ3) is 2.50. The lowest BCUT2D eigenvalue weighted by atomic mass is 9.97. The fourth-order valence-electron chi connectivity index (χ4n) is 1.81. The molecule has 0 fully saturated rings. The molecule has 1 aromatic rings. The van der Waals surface area contributed by atoms with Gasteiger partial charge in [0.2, 0.25) is 0 Å². The van der Waals surface area contributed by atoms with Crippen molar-refractivity contribution in [2.45, 2.75) is 46.1 Å². The maximum absolute atomic E-state index is 3.55. The molecule has 0 bridgehead atoms. The van der Waals surface area contributed by atoms with E-state index in [-0.39, 0.29) is 0 Å². The Morgan fingerprint density at radius 1 is 1.29 bits per heavy atom. The van der Waals surface area contributed by atoms with Crippen molar-refractivity contribution in [1.82, 2.24) is 0 Å². The monoisotopic (exact) mass is 191 g/mol. The number of benzene rings is 1. The van der Waals surface area contributed by atoms with Gasteiger partial charge in [-0.25, -0.2) is 0 Å². The average Bonchev–Trinajstić information content (AvgIpc) is 2.31. The molecule has 1 aliphatic rings. The van der Waals surface area contributed by atoms with E-state index in [1.165, 1.54) is 30.5 Å². The Morgan fingerprint density at radius 3 is 2.71 bits per heavy atom. The molecule has 0 amide bonds. The second-order valence-electron chi connectivity index (χ2n) is 3.45. The number of rotatable bonds is 1. The molecule has 14 heavy (non-hydrogen) atoms. The highest BCUT2D eigenvalue weighted by Gasteiger charge is 2.14. The van der Waals surface area contributed by atoms with E-state index >= 15 is 0 Å². The summed E-state index contributed by atoms with van der Waals surface area (Å²) in [6.45, 7) is 6.24. The summed E-state index contributed by atoms with van der Waals surface area (Å²) in [5.41, 5.74) is 2.82. The van der Waals surface area contributed by atoms with Crippen LogP contribution < -0.4 is 5.32 Å². The molecule has 1 aliphatic heterocycles. The van der Waals surface area contributed by atoms with Crippen LogP contribution in [0, 0.1) is 0 Å². The fourth-order valence-corrected chi connectivity index (χ4v) is 1.81. The van der Waals surface area contributed by atoms with Gasteiger partial charge in [0.25, 0.3) is 0 Å². The molecule has 1 atom stereocenters. The molecule has 0 aromatic heterocycles. The molecule has 0 radical (unpaired) electrons. The van der Waals surface area contributed by atoms with Crippen LogP contribution in [0.4, 0.5) is 5.69 Å². The van der Waals surface area contributed by atoms with Crippen LogP contribution in [-0.4, -0.2) is 6.04 Å². The summed E-state index contributed by atoms with van der Waals surface area (Å²) in [5, 5.41) is 3.55. The highest BCUT2D eigenvalue weighted by atomic mass is 14.9. The molecule has 0 saturated heterocycles. The van der Waals surface area contributed by atoms with E-state index in [0.717, 1.165) is 0 Å². The average molecular weight is 191 g/mol. The lowest BCUT2D eigenvalue weighted by Gasteiger charge is -2.25. The molecular weight excluding hydrogens is 170 g/mol. The minimum atomic E-state index is 0.694. The predicted molar refractivity (Wildman–Crippen MR) is 63.8 cm³/mol. The minimum absolute atomic E-state index is 0.694. The Balaban J connectivity index is 0.000000461. The van der Waals surface area contributed by atoms with Gasteiger partial charge in [0.05, 0.1) is 0 Å². The molecule has 0 unspecified atom stereocenters. The van der Waals surface area contributed by atoms with E-state index < -0.39 is 0 Å². The molecular formula is C13H21N. The van der Waals surface area contributed by atoms with Gasteiger partial charge >= 0.3 is 0 Å². The minimum Gasteiger partial charge on any atom is -0.382 e. The van der Waals surface area contributed by atoms with E-state index in [1.807, 2.05) is 13.8 Å². The maximum atomic E-state index is 3.55. The van der Waals surface area contributed by atoms with Gasteiger partial charge in [0, 0.05) is 11.7 Å². The SMILES string of the molecule is CC.CC[C@H]1CCc2ccccc2N1. The molecule has 1 heterocycles. The predicted octanol–water partition coefficient (Wildman–Crippen LogP) is 3.85. The van der Waals surface area contributed by atoms with Crippen molar-refractivity contribution in [3.05, 3.63) is 29.8 Å². The van der Waals surface area contributed by atoms with Crippen LogP contribution in [0.1, 0.15) is 39.2 Å². The van der Waals surface area contributed by atoms with Crippen molar-refractivity contribution in [1.29, 1.82) is 0 Å². The summed E-state index contributed by atoms with van der Waals surface area (Å²) in [5.74, 6) is 0. The van der Waals surface area contributed by atoms with Crippen LogP contribution in [0.15, 0.2) is 24.3 Å². The molecule has 78 valence electrons. The number of anilines is 1. The van der Waals surface area contributed by atoms with Gasteiger partial charge in [-0.3, -0.25) is 0 Å². The Labute approximate surface area is 87.5 Å². The van der Waals surface area contributed by atoms with E-state index in [0.29, 0.717) is 6.04 Å². The van der Waals surface area contributed by atoms with E-state index in [2.05, 4.69) is 36.5 Å². The van der Waals surface area contributed by atoms with Crippen molar-refractivity contribution < 1.29 is 0 Å². The zero-order chi connectivity index (χ0) is 10.4. The smallest absolute Gasteiger partial charge is 0.0374 e. The Bertz CT molecular complexity index is 268. The first-order valence-electron chi connectivity index (χ1n) is 5.74. The van der Waals surface area contributed by atoms with Crippen molar-refractivity contribution in [3.63, 3.8) is 0 Å². The summed E-state index contributed by atoms with van der Waals surface area (Å²) in [6.07, 6.45) is 3.75. The van der Waals surface area contributed by atoms with Crippen molar-refractivity contribution in [2.75, 3.05) is 5.32 Å². The van der Waals surface area contributed by atoms with Crippen molar-refractivity contribution in [2.24, 2.45) is 0 Å². The molecule has 1 nitrogen and oxygen atoms in total. The second-order valence-corrected chi connectivity index (χ2v) is 3.45. The first kappa shape index (κ1) is 11.1. The Kier molecular flexibility index (Phi) is 4.51. The summed E-state index contributed by atoms with van der Waals surface area (Å²) in [7, 11) is 0. The largest absolute Gasteiger partial charge is 0.382 e. The van der Waals surface area contributed by atoms with E-state index in [9.17, 15) is 0 Å². The number of aryl methyl sites for hydroxylation is 1. The second kappa shape index (κ2) is 5.69. The zero-order valence-corrected chi connectivity index (χ0v) is 9.51. The summed E-state index contributed by atoms with van der Waals surface area (Å²) in [4.78, 5) is 0. The topological polar surface area (TPSA) is 12.0 Å².